The molecule has 0 unspecified atom stereocenters. The molecule has 4 aliphatic heterocycles. The number of carbonyl (C=O) groups excluding carboxylic acids is 10. The van der Waals surface area contributed by atoms with Gasteiger partial charge in [-0.15, -0.1) is 0 Å². The molecule has 7 atom stereocenters. The Hall–Kier alpha value is -7.59. The van der Waals surface area contributed by atoms with E-state index in [1.165, 1.54) is 35.5 Å². The Morgan fingerprint density at radius 1 is 0.704 bits per heavy atom. The Labute approximate surface area is 471 Å². The predicted molar refractivity (Wildman–Crippen MR) is 291 cm³/mol. The van der Waals surface area contributed by atoms with Crippen molar-refractivity contribution in [3.8, 4) is 5.75 Å². The average Bonchev–Trinajstić information content (AvgIpc) is 4.38. The number of likely N-dealkylation sites (tertiary alicyclic amines) is 3. The second-order valence-electron chi connectivity index (χ2n) is 21.6. The quantitative estimate of drug-likeness (QED) is 0.0313. The molecule has 1 aromatic rings. The number of nitrogens with two attached hydrogens (primary N) is 2. The maximum Gasteiger partial charge on any atom is 0.326 e. The molecule has 10 amide bonds. The van der Waals surface area contributed by atoms with E-state index in [-0.39, 0.29) is 55.4 Å². The first-order valence-corrected chi connectivity index (χ1v) is 28.6. The van der Waals surface area contributed by atoms with Gasteiger partial charge in [0.05, 0.1) is 24.5 Å². The summed E-state index contributed by atoms with van der Waals surface area (Å²) in [7, 11) is -4.95. The largest absolute Gasteiger partial charge is 0.487 e. The molecular weight excluding hydrogens is 1080 g/mol. The summed E-state index contributed by atoms with van der Waals surface area (Å²) in [6, 6.07) is -8.38. The highest BCUT2D eigenvalue weighted by atomic mass is 32.2. The number of nitrogens with one attached hydrogen (secondary N) is 6. The van der Waals surface area contributed by atoms with Gasteiger partial charge in [-0.05, 0) is 142 Å². The molecule has 0 radical (unpaired) electrons. The number of carboxylic acid groups (broad SMARTS) is 1. The zero-order chi connectivity index (χ0) is 60.4. The lowest BCUT2D eigenvalue weighted by molar-refractivity contribution is -0.153. The van der Waals surface area contributed by atoms with Crippen LogP contribution in [0.15, 0.2) is 9.89 Å². The van der Waals surface area contributed by atoms with Crippen LogP contribution >= 0.6 is 0 Å². The lowest BCUT2D eigenvalue weighted by atomic mass is 9.88. The zero-order valence-corrected chi connectivity index (χ0v) is 48.3. The van der Waals surface area contributed by atoms with Gasteiger partial charge in [0, 0.05) is 33.1 Å². The monoisotopic (exact) mass is 1160 g/mol. The molecule has 0 bridgehead atoms. The van der Waals surface area contributed by atoms with E-state index in [1.54, 1.807) is 20.8 Å². The Morgan fingerprint density at radius 3 is 1.84 bits per heavy atom. The van der Waals surface area contributed by atoms with Gasteiger partial charge in [-0.2, -0.15) is 0 Å². The number of amides is 10. The highest BCUT2D eigenvalue weighted by molar-refractivity contribution is 7.89. The molecule has 81 heavy (non-hydrogen) atoms. The molecule has 1 aromatic carbocycles. The first-order chi connectivity index (χ1) is 37.9. The SMILES string of the molecule is CC(=O)NCC(=O)N([C@@H](CCCN=C(N)N)C(=O)N[C@@H](C)C(=O)NCC(=O)NCC(=O)N[C@@H](C)C(=O)N[C@@H](C)C(=O)N1CCC[C@H]1C(=O)N1CCC[C@H]1C(=O)N1CCC[C@H]1C(=O)O)S(=O)(=O)c1c(C)c(C)c2c(c1C)CCC(C)(C)O2. The lowest BCUT2D eigenvalue weighted by Gasteiger charge is -2.37. The van der Waals surface area contributed by atoms with E-state index in [9.17, 15) is 57.8 Å². The van der Waals surface area contributed by atoms with Crippen molar-refractivity contribution >= 4 is 81.0 Å². The molecule has 11 N–H and O–H groups in total. The summed E-state index contributed by atoms with van der Waals surface area (Å²) in [5, 5.41) is 23.9. The normalized spacial score (nSPS) is 19.8. The van der Waals surface area contributed by atoms with Crippen LogP contribution in [-0.2, 0) is 69.2 Å². The average molecular weight is 1160 g/mol. The second-order valence-corrected chi connectivity index (χ2v) is 23.3. The van der Waals surface area contributed by atoms with Gasteiger partial charge < -0.3 is 67.9 Å². The Morgan fingerprint density at radius 2 is 1.25 bits per heavy atom. The molecule has 448 valence electrons. The predicted octanol–water partition coefficient (Wildman–Crippen LogP) is -2.40. The van der Waals surface area contributed by atoms with Crippen molar-refractivity contribution in [2.45, 2.75) is 179 Å². The summed E-state index contributed by atoms with van der Waals surface area (Å²) < 4.78 is 36.8. The minimum atomic E-state index is -4.95. The molecule has 0 aromatic heterocycles. The Kier molecular flexibility index (Phi) is 21.6. The number of fused-ring (bicyclic) bond motifs is 1. The van der Waals surface area contributed by atoms with E-state index in [1.807, 2.05) is 13.8 Å². The maximum atomic E-state index is 15.0. The van der Waals surface area contributed by atoms with Gasteiger partial charge in [0.15, 0.2) is 5.96 Å². The van der Waals surface area contributed by atoms with Gasteiger partial charge in [0.2, 0.25) is 53.2 Å². The molecule has 0 aliphatic carbocycles. The highest BCUT2D eigenvalue weighted by Crippen LogP contribution is 2.43. The van der Waals surface area contributed by atoms with Crippen LogP contribution < -0.4 is 48.1 Å². The fraction of sp³-hybridized carbons (Fsp3) is 0.654. The third kappa shape index (κ3) is 15.7. The molecule has 0 spiro atoms. The van der Waals surface area contributed by atoms with Crippen LogP contribution in [0.4, 0.5) is 0 Å². The summed E-state index contributed by atoms with van der Waals surface area (Å²) >= 11 is 0. The van der Waals surface area contributed by atoms with Crippen molar-refractivity contribution < 1.29 is 71.0 Å². The van der Waals surface area contributed by atoms with E-state index in [0.717, 1.165) is 6.92 Å². The van der Waals surface area contributed by atoms with Crippen LogP contribution in [0.5, 0.6) is 5.75 Å². The third-order valence-corrected chi connectivity index (χ3v) is 17.1. The van der Waals surface area contributed by atoms with E-state index >= 15 is 8.42 Å². The summed E-state index contributed by atoms with van der Waals surface area (Å²) in [6.45, 7) is 12.2. The van der Waals surface area contributed by atoms with Gasteiger partial charge >= 0.3 is 5.97 Å². The number of aliphatic carboxylic acids is 1. The number of hydrogen-bond donors (Lipinski definition) is 9. The first kappa shape index (κ1) is 64.2. The topological polar surface area (TPSA) is 401 Å². The number of rotatable bonds is 23. The van der Waals surface area contributed by atoms with Crippen molar-refractivity contribution in [3.05, 3.63) is 22.3 Å². The van der Waals surface area contributed by atoms with Crippen molar-refractivity contribution in [3.63, 3.8) is 0 Å². The number of guanidine groups is 1. The molecular formula is C52H79N13O15S. The van der Waals surface area contributed by atoms with Gasteiger partial charge in [-0.3, -0.25) is 52.9 Å². The number of carboxylic acids is 1. The van der Waals surface area contributed by atoms with Gasteiger partial charge in [-0.1, -0.05) is 0 Å². The summed E-state index contributed by atoms with van der Waals surface area (Å²) in [5.41, 5.74) is 12.1. The fourth-order valence-corrected chi connectivity index (χ4v) is 12.7. The van der Waals surface area contributed by atoms with E-state index in [2.05, 4.69) is 36.9 Å². The molecule has 5 rings (SSSR count). The molecule has 3 saturated heterocycles. The van der Waals surface area contributed by atoms with E-state index in [0.29, 0.717) is 78.1 Å². The van der Waals surface area contributed by atoms with Crippen LogP contribution in [0.1, 0.15) is 122 Å². The first-order valence-electron chi connectivity index (χ1n) is 27.2. The van der Waals surface area contributed by atoms with Crippen molar-refractivity contribution in [2.24, 2.45) is 16.5 Å². The highest BCUT2D eigenvalue weighted by Gasteiger charge is 2.47. The smallest absolute Gasteiger partial charge is 0.326 e. The standard InChI is InChI=1S/C52H79N13O15S/c1-27-28(2)43(29(3)34-18-19-52(8,9)80-42(27)34)81(78,79)65(41(69)26-56-33(7)66)35(14-10-20-55-51(53)54)46(72)60-30(4)44(70)58-24-39(67)57-25-40(68)59-31(5)45(71)61-32(6)47(73)62-21-11-15-36(62)48(74)63-22-12-16-37(63)49(75)64-23-13-17-38(64)50(76)77/h30-32,35-38H,10-26H2,1-9H3,(H,56,66)(H,57,67)(H,58,70)(H,59,68)(H,60,72)(H,61,71)(H,76,77)(H4,53,54,55)/t30-,31-,32-,35-,36-,37-,38-/m0/s1. The molecule has 29 heteroatoms. The lowest BCUT2D eigenvalue weighted by Crippen LogP contribution is -2.58. The number of sulfonamides is 1. The minimum Gasteiger partial charge on any atom is -0.487 e. The number of benzene rings is 1. The zero-order valence-electron chi connectivity index (χ0n) is 47.5. The third-order valence-electron chi connectivity index (χ3n) is 15.0. The fourth-order valence-electron chi connectivity index (χ4n) is 10.6. The number of ether oxygens (including phenoxy) is 1. The van der Waals surface area contributed by atoms with E-state index < -0.39 is 143 Å². The molecule has 4 heterocycles. The van der Waals surface area contributed by atoms with Crippen LogP contribution in [-0.4, -0.2) is 197 Å². The van der Waals surface area contributed by atoms with E-state index in [4.69, 9.17) is 16.2 Å². The summed E-state index contributed by atoms with van der Waals surface area (Å²) in [5.74, 6) is -8.62. The van der Waals surface area contributed by atoms with Crippen LogP contribution in [0.25, 0.3) is 0 Å². The van der Waals surface area contributed by atoms with Gasteiger partial charge in [-0.25, -0.2) is 17.5 Å². The Balaban J connectivity index is 1.16. The van der Waals surface area contributed by atoms with Crippen LogP contribution in [0.2, 0.25) is 0 Å². The number of hydrogen-bond acceptors (Lipinski definition) is 15. The van der Waals surface area contributed by atoms with Crippen molar-refractivity contribution in [2.75, 3.05) is 45.8 Å². The number of aliphatic imine (C=N–C) groups is 1. The van der Waals surface area contributed by atoms with Gasteiger partial charge in [0.25, 0.3) is 15.9 Å². The minimum absolute atomic E-state index is 0.0372. The molecule has 3 fully saturated rings. The number of carbonyl (C=O) groups is 11. The molecule has 4 aliphatic rings. The Bertz CT molecular complexity index is 2800. The van der Waals surface area contributed by atoms with Crippen molar-refractivity contribution in [1.82, 2.24) is 50.9 Å². The molecule has 28 nitrogen and oxygen atoms in total. The van der Waals surface area contributed by atoms with Crippen LogP contribution in [0.3, 0.4) is 0 Å². The summed E-state index contributed by atoms with van der Waals surface area (Å²) in [4.78, 5) is 153. The van der Waals surface area contributed by atoms with Crippen molar-refractivity contribution in [1.29, 1.82) is 0 Å². The maximum absolute atomic E-state index is 15.0. The second kappa shape index (κ2) is 27.2. The van der Waals surface area contributed by atoms with Crippen LogP contribution in [0, 0.1) is 20.8 Å². The number of nitrogens with zero attached hydrogens (tertiary/aromatic N) is 5. The molecule has 0 saturated carbocycles. The summed E-state index contributed by atoms with van der Waals surface area (Å²) in [6.07, 6.45) is 3.15. The van der Waals surface area contributed by atoms with Gasteiger partial charge in [0.1, 0.15) is 53.6 Å².